The third kappa shape index (κ3) is 44.4. The van der Waals surface area contributed by atoms with E-state index in [2.05, 4.69) is 81.7 Å². The highest BCUT2D eigenvalue weighted by Gasteiger charge is 2.25. The lowest BCUT2D eigenvalue weighted by Crippen LogP contribution is -2.13. The van der Waals surface area contributed by atoms with Crippen LogP contribution in [0, 0.1) is 23.7 Å². The molecule has 0 spiro atoms. The van der Waals surface area contributed by atoms with Gasteiger partial charge in [-0.05, 0) is 197 Å². The van der Waals surface area contributed by atoms with E-state index in [4.69, 9.17) is 37.9 Å². The van der Waals surface area contributed by atoms with E-state index in [1.165, 1.54) is 205 Å². The van der Waals surface area contributed by atoms with Crippen molar-refractivity contribution in [1.29, 1.82) is 0 Å². The minimum Gasteiger partial charge on any atom is -0.462 e. The molecule has 16 heteroatoms. The normalized spacial score (nSPS) is 15.2. The second-order valence-electron chi connectivity index (χ2n) is 35.1. The van der Waals surface area contributed by atoms with Crippen molar-refractivity contribution in [1.82, 2.24) is 0 Å². The molecule has 8 aliphatic carbocycles. The Morgan fingerprint density at radius 1 is 0.258 bits per heavy atom. The Hall–Kier alpha value is -9.96. The van der Waals surface area contributed by atoms with Gasteiger partial charge in [-0.25, -0.2) is 38.4 Å². The summed E-state index contributed by atoms with van der Waals surface area (Å²) >= 11 is 0. The van der Waals surface area contributed by atoms with Crippen LogP contribution in [0.25, 0.3) is 32.3 Å². The van der Waals surface area contributed by atoms with Crippen LogP contribution in [0.3, 0.4) is 0 Å². The molecule has 0 atom stereocenters. The topological polar surface area (TPSA) is 210 Å². The van der Waals surface area contributed by atoms with Crippen molar-refractivity contribution < 1.29 is 76.3 Å². The molecule has 0 aromatic heterocycles. The predicted octanol–water partition coefficient (Wildman–Crippen LogP) is 31.0. The minimum absolute atomic E-state index is 0.286. The first kappa shape index (κ1) is 110. The van der Waals surface area contributed by atoms with Gasteiger partial charge in [-0.3, -0.25) is 0 Å². The SMILES string of the molecule is C1CCCC1.C1CCCC1.C1CCCC1.C1CCCC1.C=C(C)C(=O)Oc1ccc(C(=O)OCC2CCCC2)c2ccccc12.C=C(C)C(=O)Oc1ccc(C(=O)OCC2CCCC2)cc1.C=C(C)C(=O)Oc1ccc2cc(C(=O)OCC3CCCC3)ccc2c1.C=C(C)C(=O)Oc1cccc2c(C(=O)OCC3CCCC3)cccc12.CCC.CCC.CCC.CCC. The number of esters is 8. The van der Waals surface area contributed by atoms with Gasteiger partial charge in [0, 0.05) is 33.1 Å². The summed E-state index contributed by atoms with van der Waals surface area (Å²) in [5.41, 5.74) is 3.30. The smallest absolute Gasteiger partial charge is 0.338 e. The fourth-order valence-electron chi connectivity index (χ4n) is 15.3. The highest BCUT2D eigenvalue weighted by atomic mass is 16.6. The Morgan fingerprint density at radius 2 is 0.516 bits per heavy atom. The molecule has 0 N–H and O–H groups in total. The Labute approximate surface area is 769 Å². The molecule has 7 aromatic rings. The van der Waals surface area contributed by atoms with Crippen LogP contribution < -0.4 is 18.9 Å². The lowest BCUT2D eigenvalue weighted by atomic mass is 10.0. The van der Waals surface area contributed by atoms with Crippen LogP contribution in [-0.4, -0.2) is 74.2 Å². The molecule has 0 unspecified atom stereocenters. The molecule has 8 aliphatic rings. The maximum absolute atomic E-state index is 12.5. The van der Waals surface area contributed by atoms with Gasteiger partial charge in [-0.1, -0.05) is 348 Å². The maximum atomic E-state index is 12.5. The summed E-state index contributed by atoms with van der Waals surface area (Å²) in [4.78, 5) is 95.7. The number of hydrogen-bond acceptors (Lipinski definition) is 16. The van der Waals surface area contributed by atoms with Crippen molar-refractivity contribution >= 4 is 80.1 Å². The van der Waals surface area contributed by atoms with Crippen molar-refractivity contribution in [2.45, 2.75) is 340 Å². The van der Waals surface area contributed by atoms with Crippen LogP contribution in [-0.2, 0) is 38.1 Å². The zero-order valence-electron chi connectivity index (χ0n) is 80.5. The van der Waals surface area contributed by atoms with E-state index < -0.39 is 23.9 Å². The molecule has 8 fully saturated rings. The Balaban J connectivity index is 0.000000319. The van der Waals surface area contributed by atoms with E-state index in [0.29, 0.717) is 139 Å². The van der Waals surface area contributed by atoms with Gasteiger partial charge < -0.3 is 37.9 Å². The summed E-state index contributed by atoms with van der Waals surface area (Å²) < 4.78 is 42.8. The molecule has 0 radical (unpaired) electrons. The maximum Gasteiger partial charge on any atom is 0.338 e. The monoisotopic (exact) mass is 1760 g/mol. The van der Waals surface area contributed by atoms with Crippen LogP contribution in [0.5, 0.6) is 23.0 Å². The molecular formula is C112H158O16. The molecular weight excluding hydrogens is 1600 g/mol. The number of rotatable bonds is 20. The average molecular weight is 1760 g/mol. The van der Waals surface area contributed by atoms with Gasteiger partial charge in [0.15, 0.2) is 0 Å². The number of ether oxygens (including phenoxy) is 8. The first-order valence-corrected chi connectivity index (χ1v) is 48.7. The first-order chi connectivity index (χ1) is 61.9. The van der Waals surface area contributed by atoms with Crippen LogP contribution >= 0.6 is 0 Å². The molecule has 15 rings (SSSR count). The Bertz CT molecular complexity index is 4280. The van der Waals surface area contributed by atoms with Gasteiger partial charge in [0.1, 0.15) is 23.0 Å². The van der Waals surface area contributed by atoms with Gasteiger partial charge in [0.2, 0.25) is 0 Å². The van der Waals surface area contributed by atoms with Gasteiger partial charge in [0.05, 0.1) is 48.7 Å². The molecule has 8 saturated carbocycles. The van der Waals surface area contributed by atoms with E-state index in [0.717, 1.165) is 62.1 Å². The van der Waals surface area contributed by atoms with Crippen molar-refractivity contribution in [3.05, 3.63) is 204 Å². The highest BCUT2D eigenvalue weighted by molar-refractivity contribution is 6.08. The van der Waals surface area contributed by atoms with Gasteiger partial charge in [-0.2, -0.15) is 0 Å². The summed E-state index contributed by atoms with van der Waals surface area (Å²) in [6.07, 6.45) is 53.9. The molecule has 0 heterocycles. The molecule has 7 aromatic carbocycles. The molecule has 128 heavy (non-hydrogen) atoms. The Morgan fingerprint density at radius 3 is 0.875 bits per heavy atom. The number of fused-ring (bicyclic) bond motifs is 3. The minimum atomic E-state index is -0.485. The molecule has 0 saturated heterocycles. The molecule has 0 amide bonds. The summed E-state index contributed by atoms with van der Waals surface area (Å²) in [5, 5.41) is 4.61. The van der Waals surface area contributed by atoms with Gasteiger partial charge in [-0.15, -0.1) is 0 Å². The van der Waals surface area contributed by atoms with Crippen molar-refractivity contribution in [3.8, 4) is 23.0 Å². The second kappa shape index (κ2) is 66.4. The zero-order chi connectivity index (χ0) is 93.6. The van der Waals surface area contributed by atoms with Crippen molar-refractivity contribution in [3.63, 3.8) is 0 Å². The number of carbonyl (C=O) groups is 8. The largest absolute Gasteiger partial charge is 0.462 e. The molecule has 702 valence electrons. The summed E-state index contributed by atoms with van der Waals surface area (Å²) in [6, 6.07) is 38.3. The van der Waals surface area contributed by atoms with Crippen LogP contribution in [0.15, 0.2) is 182 Å². The Kier molecular flexibility index (Phi) is 57.3. The summed E-state index contributed by atoms with van der Waals surface area (Å²) in [7, 11) is 0. The summed E-state index contributed by atoms with van der Waals surface area (Å²) in [6.45, 7) is 39.6. The third-order valence-corrected chi connectivity index (χ3v) is 22.3. The van der Waals surface area contributed by atoms with E-state index in [1.807, 2.05) is 48.5 Å². The third-order valence-electron chi connectivity index (χ3n) is 22.3. The second-order valence-corrected chi connectivity index (χ2v) is 35.1. The van der Waals surface area contributed by atoms with E-state index >= 15 is 0 Å². The van der Waals surface area contributed by atoms with Crippen molar-refractivity contribution in [2.75, 3.05) is 26.4 Å². The molecule has 0 aliphatic heterocycles. The first-order valence-electron chi connectivity index (χ1n) is 48.7. The zero-order valence-corrected chi connectivity index (χ0v) is 80.5. The van der Waals surface area contributed by atoms with Crippen LogP contribution in [0.2, 0.25) is 0 Å². The van der Waals surface area contributed by atoms with Gasteiger partial charge >= 0.3 is 47.8 Å². The van der Waals surface area contributed by atoms with Crippen LogP contribution in [0.4, 0.5) is 0 Å². The quantitative estimate of drug-likeness (QED) is 0.0301. The molecule has 0 bridgehead atoms. The predicted molar refractivity (Wildman–Crippen MR) is 525 cm³/mol. The van der Waals surface area contributed by atoms with E-state index in [9.17, 15) is 38.4 Å². The van der Waals surface area contributed by atoms with E-state index in [-0.39, 0.29) is 23.9 Å². The fraction of sp³-hybridized carbons (Fsp3) is 0.536. The fourth-order valence-corrected chi connectivity index (χ4v) is 15.3. The highest BCUT2D eigenvalue weighted by Crippen LogP contribution is 2.35. The van der Waals surface area contributed by atoms with Crippen LogP contribution in [0.1, 0.15) is 381 Å². The standard InChI is InChI=1S/3C21H22O4.C17H20O4.4C5H10.4C3H8/c1-14(2)20(22)25-19-12-6-9-16-17(19)10-5-11-18(16)21(23)24-13-15-7-3-4-8-15;1-14(2)20(22)25-19-12-11-18(16-9-5-6-10-17(16)19)21(23)24-13-15-7-3-4-8-15;1-14(2)20(22)25-19-10-9-16-11-18(8-7-17(16)12-19)21(23)24-13-15-5-3-4-6-15;1-12(2)16(18)21-15-9-7-14(8-10-15)17(19)20-11-13-5-3-4-6-13;4*1-2-4-5-3-1;4*1-3-2/h2*5-6,9-12,15H,1,3-4,7-8,13H2,2H3;7-12,15H,1,3-6,13H2,2H3;7-10,13H,1,3-6,11H2,2H3;4*1-5H2;4*3H2,1-2H3. The number of carbonyl (C=O) groups excluding carboxylic acids is 8. The molecule has 16 nitrogen and oxygen atoms in total. The number of hydrogen-bond donors (Lipinski definition) is 0. The summed E-state index contributed by atoms with van der Waals surface area (Å²) in [5.74, 6) is 0.450. The lowest BCUT2D eigenvalue weighted by molar-refractivity contribution is -0.130. The lowest BCUT2D eigenvalue weighted by Gasteiger charge is -2.13. The van der Waals surface area contributed by atoms with Gasteiger partial charge in [0.25, 0.3) is 0 Å². The number of benzene rings is 7. The average Bonchev–Trinajstić information content (AvgIpc) is 0.978. The van der Waals surface area contributed by atoms with Crippen molar-refractivity contribution in [2.24, 2.45) is 23.7 Å². The van der Waals surface area contributed by atoms with E-state index in [1.54, 1.807) is 113 Å².